The van der Waals surface area contributed by atoms with Gasteiger partial charge in [0, 0.05) is 27.2 Å². The Kier molecular flexibility index (Phi) is 3.23. The second-order valence-corrected chi connectivity index (χ2v) is 8.26. The minimum absolute atomic E-state index is 0.933. The van der Waals surface area contributed by atoms with E-state index in [2.05, 4.69) is 102 Å². The Morgan fingerprint density at radius 1 is 0.581 bits per heavy atom. The predicted octanol–water partition coefficient (Wildman–Crippen LogP) is 8.14. The van der Waals surface area contributed by atoms with E-state index in [1.807, 2.05) is 6.07 Å². The third kappa shape index (κ3) is 2.17. The fourth-order valence-corrected chi connectivity index (χ4v) is 5.08. The molecule has 0 radical (unpaired) electrons. The Morgan fingerprint density at radius 2 is 1.23 bits per heavy atom. The standard InChI is InChI=1S/C29H19NO/c1-18-14-16-19(17-15-18)30-24-12-6-4-10-22(24)27-28(30)21-9-3-2-8-20(21)26-23-11-5-7-13-25(23)31-29(26)27/h2-17H,1H3. The fourth-order valence-electron chi connectivity index (χ4n) is 5.08. The van der Waals surface area contributed by atoms with Gasteiger partial charge in [0.2, 0.25) is 0 Å². The number of furan rings is 1. The maximum Gasteiger partial charge on any atom is 0.146 e. The van der Waals surface area contributed by atoms with Gasteiger partial charge >= 0.3 is 0 Å². The average Bonchev–Trinajstić information content (AvgIpc) is 3.36. The molecule has 0 N–H and O–H groups in total. The van der Waals surface area contributed by atoms with Crippen molar-refractivity contribution < 1.29 is 4.42 Å². The van der Waals surface area contributed by atoms with Crippen LogP contribution in [0.1, 0.15) is 5.56 Å². The van der Waals surface area contributed by atoms with E-state index in [0.717, 1.165) is 16.9 Å². The molecule has 2 nitrogen and oxygen atoms in total. The molecule has 0 aliphatic rings. The van der Waals surface area contributed by atoms with Crippen LogP contribution >= 0.6 is 0 Å². The molecule has 7 aromatic rings. The summed E-state index contributed by atoms with van der Waals surface area (Å²) in [5, 5.41) is 7.24. The van der Waals surface area contributed by atoms with Crippen LogP contribution in [0.2, 0.25) is 0 Å². The highest BCUT2D eigenvalue weighted by molar-refractivity contribution is 6.35. The third-order valence-electron chi connectivity index (χ3n) is 6.44. The molecule has 0 fully saturated rings. The van der Waals surface area contributed by atoms with Gasteiger partial charge in [0.25, 0.3) is 0 Å². The quantitative estimate of drug-likeness (QED) is 0.273. The number of hydrogen-bond acceptors (Lipinski definition) is 1. The lowest BCUT2D eigenvalue weighted by Gasteiger charge is -2.11. The van der Waals surface area contributed by atoms with E-state index in [1.165, 1.54) is 48.9 Å². The van der Waals surface area contributed by atoms with Gasteiger partial charge in [-0.3, -0.25) is 0 Å². The maximum atomic E-state index is 6.54. The Bertz CT molecular complexity index is 1780. The number of nitrogens with zero attached hydrogens (tertiary/aromatic N) is 1. The zero-order valence-electron chi connectivity index (χ0n) is 17.1. The number of para-hydroxylation sites is 2. The van der Waals surface area contributed by atoms with Crippen molar-refractivity contribution in [1.82, 2.24) is 4.57 Å². The van der Waals surface area contributed by atoms with Crippen LogP contribution in [-0.4, -0.2) is 4.57 Å². The van der Waals surface area contributed by atoms with E-state index in [0.29, 0.717) is 0 Å². The summed E-state index contributed by atoms with van der Waals surface area (Å²) in [6.45, 7) is 2.13. The minimum Gasteiger partial charge on any atom is -0.455 e. The van der Waals surface area contributed by atoms with Gasteiger partial charge in [0.15, 0.2) is 0 Å². The number of aryl methyl sites for hydroxylation is 1. The Labute approximate surface area is 178 Å². The summed E-state index contributed by atoms with van der Waals surface area (Å²) in [5.74, 6) is 0. The summed E-state index contributed by atoms with van der Waals surface area (Å²) in [7, 11) is 0. The number of rotatable bonds is 1. The highest BCUT2D eigenvalue weighted by Crippen LogP contribution is 2.45. The number of fused-ring (bicyclic) bond motifs is 10. The number of hydrogen-bond donors (Lipinski definition) is 0. The summed E-state index contributed by atoms with van der Waals surface area (Å²) >= 11 is 0. The summed E-state index contributed by atoms with van der Waals surface area (Å²) in [6.07, 6.45) is 0. The van der Waals surface area contributed by atoms with Crippen LogP contribution in [0.5, 0.6) is 0 Å². The first-order chi connectivity index (χ1) is 15.3. The van der Waals surface area contributed by atoms with Gasteiger partial charge in [-0.25, -0.2) is 0 Å². The second-order valence-electron chi connectivity index (χ2n) is 8.26. The fraction of sp³-hybridized carbons (Fsp3) is 0.0345. The normalized spacial score (nSPS) is 12.0. The molecule has 2 heterocycles. The van der Waals surface area contributed by atoms with Gasteiger partial charge < -0.3 is 8.98 Å². The van der Waals surface area contributed by atoms with Gasteiger partial charge in [-0.15, -0.1) is 0 Å². The van der Waals surface area contributed by atoms with Crippen molar-refractivity contribution in [2.24, 2.45) is 0 Å². The summed E-state index contributed by atoms with van der Waals surface area (Å²) < 4.78 is 8.92. The molecule has 0 aliphatic carbocycles. The Morgan fingerprint density at radius 3 is 2.03 bits per heavy atom. The van der Waals surface area contributed by atoms with Gasteiger partial charge in [-0.05, 0) is 36.6 Å². The molecule has 0 atom stereocenters. The maximum absolute atomic E-state index is 6.54. The molecular weight excluding hydrogens is 378 g/mol. The van der Waals surface area contributed by atoms with Crippen LogP contribution in [0.4, 0.5) is 0 Å². The first kappa shape index (κ1) is 16.7. The number of aromatic nitrogens is 1. The summed E-state index contributed by atoms with van der Waals surface area (Å²) in [5.41, 5.74) is 6.72. The molecule has 7 rings (SSSR count). The first-order valence-corrected chi connectivity index (χ1v) is 10.6. The van der Waals surface area contributed by atoms with E-state index < -0.39 is 0 Å². The summed E-state index contributed by atoms with van der Waals surface area (Å²) in [4.78, 5) is 0. The molecule has 0 aliphatic heterocycles. The van der Waals surface area contributed by atoms with Crippen molar-refractivity contribution in [2.75, 3.05) is 0 Å². The van der Waals surface area contributed by atoms with Gasteiger partial charge in [-0.1, -0.05) is 78.4 Å². The summed E-state index contributed by atoms with van der Waals surface area (Å²) in [6, 6.07) is 34.5. The van der Waals surface area contributed by atoms with Gasteiger partial charge in [0.05, 0.1) is 16.4 Å². The van der Waals surface area contributed by atoms with Gasteiger partial charge in [-0.2, -0.15) is 0 Å². The molecule has 0 spiro atoms. The monoisotopic (exact) mass is 397 g/mol. The average molecular weight is 397 g/mol. The third-order valence-corrected chi connectivity index (χ3v) is 6.44. The molecule has 0 bridgehead atoms. The predicted molar refractivity (Wildman–Crippen MR) is 130 cm³/mol. The van der Waals surface area contributed by atoms with E-state index in [-0.39, 0.29) is 0 Å². The van der Waals surface area contributed by atoms with Crippen molar-refractivity contribution in [1.29, 1.82) is 0 Å². The zero-order chi connectivity index (χ0) is 20.5. The van der Waals surface area contributed by atoms with Crippen molar-refractivity contribution >= 4 is 54.5 Å². The van der Waals surface area contributed by atoms with E-state index in [9.17, 15) is 0 Å². The second kappa shape index (κ2) is 5.99. The van der Waals surface area contributed by atoms with Gasteiger partial charge in [0.1, 0.15) is 11.2 Å². The Balaban J connectivity index is 1.85. The van der Waals surface area contributed by atoms with E-state index >= 15 is 0 Å². The largest absolute Gasteiger partial charge is 0.455 e. The molecule has 146 valence electrons. The topological polar surface area (TPSA) is 18.1 Å². The SMILES string of the molecule is Cc1ccc(-n2c3ccccc3c3c4oc5ccccc5c4c4ccccc4c32)cc1. The Hall–Kier alpha value is -4.04. The lowest BCUT2D eigenvalue weighted by atomic mass is 9.99. The highest BCUT2D eigenvalue weighted by Gasteiger charge is 2.22. The van der Waals surface area contributed by atoms with Crippen LogP contribution < -0.4 is 0 Å². The minimum atomic E-state index is 0.933. The molecule has 31 heavy (non-hydrogen) atoms. The molecule has 0 amide bonds. The van der Waals surface area contributed by atoms with Crippen LogP contribution in [0.3, 0.4) is 0 Å². The molecule has 0 saturated heterocycles. The molecule has 0 unspecified atom stereocenters. The van der Waals surface area contributed by atoms with Crippen molar-refractivity contribution in [3.63, 3.8) is 0 Å². The van der Waals surface area contributed by atoms with Crippen LogP contribution in [0, 0.1) is 6.92 Å². The molecule has 5 aromatic carbocycles. The lowest BCUT2D eigenvalue weighted by Crippen LogP contribution is -1.94. The molecule has 0 saturated carbocycles. The van der Waals surface area contributed by atoms with Crippen molar-refractivity contribution in [3.8, 4) is 5.69 Å². The van der Waals surface area contributed by atoms with E-state index in [1.54, 1.807) is 0 Å². The molecule has 2 heteroatoms. The first-order valence-electron chi connectivity index (χ1n) is 10.6. The lowest BCUT2D eigenvalue weighted by molar-refractivity contribution is 0.673. The van der Waals surface area contributed by atoms with E-state index in [4.69, 9.17) is 4.42 Å². The van der Waals surface area contributed by atoms with Crippen LogP contribution in [-0.2, 0) is 0 Å². The van der Waals surface area contributed by atoms with Crippen molar-refractivity contribution in [2.45, 2.75) is 6.92 Å². The van der Waals surface area contributed by atoms with Crippen LogP contribution in [0.25, 0.3) is 60.2 Å². The number of benzene rings is 5. The molecule has 2 aromatic heterocycles. The van der Waals surface area contributed by atoms with Crippen LogP contribution in [0.15, 0.2) is 101 Å². The van der Waals surface area contributed by atoms with Crippen molar-refractivity contribution in [3.05, 3.63) is 103 Å². The zero-order valence-corrected chi connectivity index (χ0v) is 17.1. The highest BCUT2D eigenvalue weighted by atomic mass is 16.3. The smallest absolute Gasteiger partial charge is 0.146 e. The molecular formula is C29H19NO.